The van der Waals surface area contributed by atoms with Crippen LogP contribution in [0.3, 0.4) is 0 Å². The van der Waals surface area contributed by atoms with Crippen LogP contribution >= 0.6 is 0 Å². The van der Waals surface area contributed by atoms with Crippen molar-refractivity contribution in [2.45, 2.75) is 13.8 Å². The average molecular weight is 325 g/mol. The molecule has 1 N–H and O–H groups in total. The van der Waals surface area contributed by atoms with Gasteiger partial charge in [0.25, 0.3) is 0 Å². The van der Waals surface area contributed by atoms with Crippen LogP contribution in [0.5, 0.6) is 0 Å². The summed E-state index contributed by atoms with van der Waals surface area (Å²) in [6.45, 7) is 5.71. The number of benzene rings is 1. The molecule has 0 aliphatic carbocycles. The molecule has 0 aromatic heterocycles. The molecule has 1 aromatic rings. The van der Waals surface area contributed by atoms with E-state index in [0.29, 0.717) is 13.1 Å². The number of halogens is 2. The van der Waals surface area contributed by atoms with Crippen LogP contribution in [-0.4, -0.2) is 54.8 Å². The molecular formula is C16H21F2N3O2. The number of rotatable bonds is 3. The van der Waals surface area contributed by atoms with Crippen molar-refractivity contribution < 1.29 is 18.4 Å². The molecule has 1 aliphatic heterocycles. The first-order valence-corrected chi connectivity index (χ1v) is 7.46. The molecule has 1 aliphatic rings. The molecule has 1 aromatic carbocycles. The highest BCUT2D eigenvalue weighted by Crippen LogP contribution is 2.23. The number of anilines is 1. The molecule has 1 saturated heterocycles. The Hall–Kier alpha value is -2.02. The molecule has 0 bridgehead atoms. The van der Waals surface area contributed by atoms with Crippen molar-refractivity contribution >= 4 is 17.5 Å². The van der Waals surface area contributed by atoms with Gasteiger partial charge in [-0.2, -0.15) is 0 Å². The Kier molecular flexibility index (Phi) is 4.99. The Morgan fingerprint density at radius 3 is 2.26 bits per heavy atom. The molecule has 0 saturated carbocycles. The first-order valence-electron chi connectivity index (χ1n) is 7.46. The number of hydrogen-bond donors (Lipinski definition) is 1. The summed E-state index contributed by atoms with van der Waals surface area (Å²) in [4.78, 5) is 28.8. The van der Waals surface area contributed by atoms with E-state index in [9.17, 15) is 18.4 Å². The van der Waals surface area contributed by atoms with E-state index in [1.807, 2.05) is 7.05 Å². The van der Waals surface area contributed by atoms with Gasteiger partial charge in [-0.05, 0) is 33.0 Å². The van der Waals surface area contributed by atoms with Crippen molar-refractivity contribution in [1.29, 1.82) is 0 Å². The Morgan fingerprint density at radius 2 is 1.70 bits per heavy atom. The summed E-state index contributed by atoms with van der Waals surface area (Å²) in [6, 6.07) is 3.08. The average Bonchev–Trinajstić information content (AvgIpc) is 2.51. The lowest BCUT2D eigenvalue weighted by Gasteiger charge is -2.36. The lowest BCUT2D eigenvalue weighted by atomic mass is 9.89. The van der Waals surface area contributed by atoms with Gasteiger partial charge in [0.05, 0.1) is 0 Å². The number of hydrogen-bond acceptors (Lipinski definition) is 3. The molecular weight excluding hydrogens is 304 g/mol. The largest absolute Gasteiger partial charge is 0.339 e. The fraction of sp³-hybridized carbons (Fsp3) is 0.500. The number of nitrogens with one attached hydrogen (secondary N) is 1. The number of piperazine rings is 1. The molecule has 0 spiro atoms. The van der Waals surface area contributed by atoms with Gasteiger partial charge in [-0.1, -0.05) is 0 Å². The van der Waals surface area contributed by atoms with E-state index >= 15 is 0 Å². The first-order chi connectivity index (χ1) is 10.7. The minimum absolute atomic E-state index is 0.119. The first kappa shape index (κ1) is 17.3. The molecule has 5 nitrogen and oxygen atoms in total. The van der Waals surface area contributed by atoms with Crippen molar-refractivity contribution in [3.8, 4) is 0 Å². The van der Waals surface area contributed by atoms with Gasteiger partial charge in [0.15, 0.2) is 11.6 Å². The topological polar surface area (TPSA) is 52.7 Å². The fourth-order valence-electron chi connectivity index (χ4n) is 2.36. The molecule has 126 valence electrons. The van der Waals surface area contributed by atoms with Crippen LogP contribution in [0, 0.1) is 17.0 Å². The second kappa shape index (κ2) is 6.62. The standard InChI is InChI=1S/C16H21F2N3O2/c1-16(2,15(23)21-8-6-20(3)7-9-21)14(22)19-11-4-5-12(17)13(18)10-11/h4-5,10H,6-9H2,1-3H3,(H,19,22). The van der Waals surface area contributed by atoms with E-state index in [0.717, 1.165) is 25.2 Å². The van der Waals surface area contributed by atoms with Crippen LogP contribution < -0.4 is 5.32 Å². The lowest BCUT2D eigenvalue weighted by molar-refractivity contribution is -0.147. The third-order valence-electron chi connectivity index (χ3n) is 4.07. The molecule has 7 heteroatoms. The number of carbonyl (C=O) groups excluding carboxylic acids is 2. The number of likely N-dealkylation sites (N-methyl/N-ethyl adjacent to an activating group) is 1. The van der Waals surface area contributed by atoms with Gasteiger partial charge in [0, 0.05) is 37.9 Å². The second-order valence-corrected chi connectivity index (χ2v) is 6.30. The van der Waals surface area contributed by atoms with E-state index in [1.165, 1.54) is 19.9 Å². The van der Waals surface area contributed by atoms with Gasteiger partial charge in [0.1, 0.15) is 5.41 Å². The van der Waals surface area contributed by atoms with Crippen LogP contribution in [0.15, 0.2) is 18.2 Å². The third-order valence-corrected chi connectivity index (χ3v) is 4.07. The van der Waals surface area contributed by atoms with Crippen molar-refractivity contribution in [2.75, 3.05) is 38.5 Å². The number of carbonyl (C=O) groups is 2. The summed E-state index contributed by atoms with van der Waals surface area (Å²) >= 11 is 0. The van der Waals surface area contributed by atoms with Gasteiger partial charge in [-0.15, -0.1) is 0 Å². The number of nitrogens with zero attached hydrogens (tertiary/aromatic N) is 2. The van der Waals surface area contributed by atoms with Crippen molar-refractivity contribution in [3.63, 3.8) is 0 Å². The minimum atomic E-state index is -1.29. The quantitative estimate of drug-likeness (QED) is 0.861. The monoisotopic (exact) mass is 325 g/mol. The molecule has 0 unspecified atom stereocenters. The van der Waals surface area contributed by atoms with Crippen molar-refractivity contribution in [2.24, 2.45) is 5.41 Å². The molecule has 0 atom stereocenters. The van der Waals surface area contributed by atoms with Gasteiger partial charge in [-0.25, -0.2) is 8.78 Å². The van der Waals surface area contributed by atoms with E-state index in [-0.39, 0.29) is 11.6 Å². The van der Waals surface area contributed by atoms with Gasteiger partial charge >= 0.3 is 0 Å². The lowest BCUT2D eigenvalue weighted by Crippen LogP contribution is -2.53. The van der Waals surface area contributed by atoms with E-state index in [1.54, 1.807) is 4.90 Å². The summed E-state index contributed by atoms with van der Waals surface area (Å²) in [5.41, 5.74) is -1.17. The zero-order chi connectivity index (χ0) is 17.2. The van der Waals surface area contributed by atoms with E-state index in [4.69, 9.17) is 0 Å². The molecule has 2 rings (SSSR count). The maximum absolute atomic E-state index is 13.2. The second-order valence-electron chi connectivity index (χ2n) is 6.30. The summed E-state index contributed by atoms with van der Waals surface area (Å²) in [7, 11) is 1.97. The zero-order valence-electron chi connectivity index (χ0n) is 13.5. The summed E-state index contributed by atoms with van der Waals surface area (Å²) in [6.07, 6.45) is 0. The Bertz CT molecular complexity index is 611. The van der Waals surface area contributed by atoms with Gasteiger partial charge in [0.2, 0.25) is 11.8 Å². The third kappa shape index (κ3) is 3.85. The van der Waals surface area contributed by atoms with Crippen LogP contribution in [0.1, 0.15) is 13.8 Å². The van der Waals surface area contributed by atoms with Crippen LogP contribution in [0.4, 0.5) is 14.5 Å². The number of amides is 2. The Morgan fingerprint density at radius 1 is 1.09 bits per heavy atom. The van der Waals surface area contributed by atoms with E-state index in [2.05, 4.69) is 10.2 Å². The molecule has 0 radical (unpaired) electrons. The molecule has 1 fully saturated rings. The minimum Gasteiger partial charge on any atom is -0.339 e. The highest BCUT2D eigenvalue weighted by atomic mass is 19.2. The predicted octanol–water partition coefficient (Wildman–Crippen LogP) is 1.70. The van der Waals surface area contributed by atoms with Crippen LogP contribution in [0.25, 0.3) is 0 Å². The van der Waals surface area contributed by atoms with Crippen LogP contribution in [-0.2, 0) is 9.59 Å². The summed E-state index contributed by atoms with van der Waals surface area (Å²) in [5.74, 6) is -2.86. The summed E-state index contributed by atoms with van der Waals surface area (Å²) in [5, 5.41) is 2.48. The highest BCUT2D eigenvalue weighted by molar-refractivity contribution is 6.09. The maximum atomic E-state index is 13.2. The molecule has 23 heavy (non-hydrogen) atoms. The molecule has 1 heterocycles. The van der Waals surface area contributed by atoms with Crippen LogP contribution in [0.2, 0.25) is 0 Å². The maximum Gasteiger partial charge on any atom is 0.239 e. The summed E-state index contributed by atoms with van der Waals surface area (Å²) < 4.78 is 26.1. The van der Waals surface area contributed by atoms with E-state index < -0.39 is 23.0 Å². The van der Waals surface area contributed by atoms with Crippen molar-refractivity contribution in [1.82, 2.24) is 9.80 Å². The smallest absolute Gasteiger partial charge is 0.239 e. The molecule has 2 amide bonds. The normalized spacial score (nSPS) is 16.3. The fourth-order valence-corrected chi connectivity index (χ4v) is 2.36. The zero-order valence-corrected chi connectivity index (χ0v) is 13.5. The van der Waals surface area contributed by atoms with Gasteiger partial charge in [-0.3, -0.25) is 9.59 Å². The SMILES string of the molecule is CN1CCN(C(=O)C(C)(C)C(=O)Nc2ccc(F)c(F)c2)CC1. The Labute approximate surface area is 134 Å². The Balaban J connectivity index is 2.06. The van der Waals surface area contributed by atoms with Gasteiger partial charge < -0.3 is 15.1 Å². The predicted molar refractivity (Wildman–Crippen MR) is 82.8 cm³/mol. The van der Waals surface area contributed by atoms with Crippen molar-refractivity contribution in [3.05, 3.63) is 29.8 Å². The highest BCUT2D eigenvalue weighted by Gasteiger charge is 2.39.